The zero-order valence-electron chi connectivity index (χ0n) is 16.1. The summed E-state index contributed by atoms with van der Waals surface area (Å²) < 4.78 is 0. The average Bonchev–Trinajstić information content (AvgIpc) is 2.62. The fourth-order valence-electron chi connectivity index (χ4n) is 2.30. The predicted molar refractivity (Wildman–Crippen MR) is 108 cm³/mol. The van der Waals surface area contributed by atoms with Crippen molar-refractivity contribution in [3.63, 3.8) is 0 Å². The molecule has 0 unspecified atom stereocenters. The number of carbonyl (C=O) groups is 1. The molecule has 25 heavy (non-hydrogen) atoms. The van der Waals surface area contributed by atoms with E-state index in [1.807, 2.05) is 55.5 Å². The van der Waals surface area contributed by atoms with Crippen LogP contribution in [0.1, 0.15) is 68.9 Å². The Kier molecular flexibility index (Phi) is 9.11. The van der Waals surface area contributed by atoms with Gasteiger partial charge in [0.25, 0.3) is 5.91 Å². The minimum absolute atomic E-state index is 0.0135. The highest BCUT2D eigenvalue weighted by molar-refractivity contribution is 6.08. The Labute approximate surface area is 152 Å². The molecule has 132 valence electrons. The summed E-state index contributed by atoms with van der Waals surface area (Å²) in [5.41, 5.74) is 3.25. The van der Waals surface area contributed by atoms with Gasteiger partial charge in [-0.3, -0.25) is 4.79 Å². The zero-order chi connectivity index (χ0) is 18.7. The first kappa shape index (κ1) is 20.5. The van der Waals surface area contributed by atoms with E-state index >= 15 is 0 Å². The van der Waals surface area contributed by atoms with Crippen LogP contribution in [0.5, 0.6) is 0 Å². The largest absolute Gasteiger partial charge is 0.307 e. The van der Waals surface area contributed by atoms with Crippen molar-refractivity contribution in [3.8, 4) is 11.8 Å². The third-order valence-corrected chi connectivity index (χ3v) is 3.25. The predicted octanol–water partition coefficient (Wildman–Crippen LogP) is 5.90. The summed E-state index contributed by atoms with van der Waals surface area (Å²) in [6.45, 7) is 11.1. The van der Waals surface area contributed by atoms with E-state index in [0.29, 0.717) is 12.1 Å². The smallest absolute Gasteiger partial charge is 0.259 e. The van der Waals surface area contributed by atoms with Gasteiger partial charge >= 0.3 is 0 Å². The maximum atomic E-state index is 12.6. The normalized spacial score (nSPS) is 11.1. The van der Waals surface area contributed by atoms with Crippen LogP contribution in [-0.2, 0) is 0 Å². The quantitative estimate of drug-likeness (QED) is 0.594. The van der Waals surface area contributed by atoms with Gasteiger partial charge in [-0.15, -0.1) is 0 Å². The van der Waals surface area contributed by atoms with Gasteiger partial charge in [-0.05, 0) is 31.2 Å². The van der Waals surface area contributed by atoms with Gasteiger partial charge in [0, 0.05) is 17.7 Å². The van der Waals surface area contributed by atoms with Crippen LogP contribution in [-0.4, -0.2) is 12.5 Å². The van der Waals surface area contributed by atoms with E-state index in [1.165, 1.54) is 12.8 Å². The third kappa shape index (κ3) is 5.50. The number of hydrogen-bond donors (Lipinski definition) is 0. The topological polar surface area (TPSA) is 20.3 Å². The summed E-state index contributed by atoms with van der Waals surface area (Å²) in [4.78, 5) is 14.4. The van der Waals surface area contributed by atoms with E-state index in [0.717, 1.165) is 16.8 Å². The summed E-state index contributed by atoms with van der Waals surface area (Å²) in [6.07, 6.45) is 2.50. The molecule has 1 amide bonds. The van der Waals surface area contributed by atoms with E-state index < -0.39 is 0 Å². The van der Waals surface area contributed by atoms with Crippen LogP contribution in [0.15, 0.2) is 48.5 Å². The van der Waals surface area contributed by atoms with Crippen LogP contribution in [0.3, 0.4) is 0 Å². The molecule has 1 aliphatic heterocycles. The standard InChI is InChI=1S/C17H13NO.2C3H8/c1-2-18-16-10-6-4-8-14(16)12-11-13-7-3-5-9-15(13)17(18)19;2*1-3-2/h3-10H,2H2,1H3;2*3H2,1-2H3. The Morgan fingerprint density at radius 1 is 0.760 bits per heavy atom. The molecule has 0 bridgehead atoms. The molecule has 0 N–H and O–H groups in total. The molecule has 3 rings (SSSR count). The number of anilines is 1. The van der Waals surface area contributed by atoms with Crippen molar-refractivity contribution in [3.05, 3.63) is 65.2 Å². The average molecular weight is 335 g/mol. The number of para-hydroxylation sites is 1. The van der Waals surface area contributed by atoms with E-state index in [-0.39, 0.29) is 5.91 Å². The van der Waals surface area contributed by atoms with Gasteiger partial charge in [-0.25, -0.2) is 0 Å². The van der Waals surface area contributed by atoms with Crippen LogP contribution in [0.25, 0.3) is 0 Å². The number of nitrogens with zero attached hydrogens (tertiary/aromatic N) is 1. The molecule has 0 atom stereocenters. The molecular formula is C23H29NO. The number of carbonyl (C=O) groups excluding carboxylic acids is 1. The molecule has 2 aromatic carbocycles. The number of benzene rings is 2. The van der Waals surface area contributed by atoms with Gasteiger partial charge in [0.05, 0.1) is 11.3 Å². The number of hydrogen-bond acceptors (Lipinski definition) is 1. The lowest BCUT2D eigenvalue weighted by molar-refractivity contribution is 0.0988. The van der Waals surface area contributed by atoms with Gasteiger partial charge in [-0.2, -0.15) is 0 Å². The molecule has 1 aliphatic rings. The summed E-state index contributed by atoms with van der Waals surface area (Å²) in [6, 6.07) is 15.3. The molecule has 0 aromatic heterocycles. The Hall–Kier alpha value is -2.53. The first-order valence-corrected chi connectivity index (χ1v) is 9.16. The number of amides is 1. The lowest BCUT2D eigenvalue weighted by Gasteiger charge is -2.24. The van der Waals surface area contributed by atoms with Crippen LogP contribution < -0.4 is 4.90 Å². The van der Waals surface area contributed by atoms with E-state index in [1.54, 1.807) is 4.90 Å². The Bertz CT molecular complexity index is 735. The summed E-state index contributed by atoms with van der Waals surface area (Å²) >= 11 is 0. The summed E-state index contributed by atoms with van der Waals surface area (Å²) in [5.74, 6) is 6.27. The molecule has 0 fully saturated rings. The minimum atomic E-state index is 0.0135. The van der Waals surface area contributed by atoms with E-state index in [4.69, 9.17) is 0 Å². The molecule has 0 saturated carbocycles. The van der Waals surface area contributed by atoms with Crippen molar-refractivity contribution in [1.29, 1.82) is 0 Å². The zero-order valence-corrected chi connectivity index (χ0v) is 16.1. The van der Waals surface area contributed by atoms with Crippen molar-refractivity contribution in [2.45, 2.75) is 47.5 Å². The monoisotopic (exact) mass is 335 g/mol. The number of fused-ring (bicyclic) bond motifs is 2. The second kappa shape index (κ2) is 11.1. The fourth-order valence-corrected chi connectivity index (χ4v) is 2.30. The Balaban J connectivity index is 0.000000460. The Morgan fingerprint density at radius 3 is 1.84 bits per heavy atom. The van der Waals surface area contributed by atoms with Crippen molar-refractivity contribution < 1.29 is 4.79 Å². The molecular weight excluding hydrogens is 306 g/mol. The second-order valence-corrected chi connectivity index (χ2v) is 5.78. The molecule has 2 nitrogen and oxygen atoms in total. The highest BCUT2D eigenvalue weighted by Gasteiger charge is 2.21. The van der Waals surface area contributed by atoms with Crippen LogP contribution in [0.2, 0.25) is 0 Å². The molecule has 0 aliphatic carbocycles. The SMILES string of the molecule is CCC.CCC.CCN1C(=O)c2ccccc2C#Cc2ccccc21. The maximum Gasteiger partial charge on any atom is 0.259 e. The summed E-state index contributed by atoms with van der Waals surface area (Å²) in [5, 5.41) is 0. The minimum Gasteiger partial charge on any atom is -0.307 e. The highest BCUT2D eigenvalue weighted by Crippen LogP contribution is 2.24. The van der Waals surface area contributed by atoms with Crippen LogP contribution in [0, 0.1) is 11.8 Å². The lowest BCUT2D eigenvalue weighted by Crippen LogP contribution is -2.32. The first-order valence-electron chi connectivity index (χ1n) is 9.16. The summed E-state index contributed by atoms with van der Waals surface area (Å²) in [7, 11) is 0. The molecule has 2 heteroatoms. The third-order valence-electron chi connectivity index (χ3n) is 3.25. The van der Waals surface area contributed by atoms with Crippen molar-refractivity contribution in [1.82, 2.24) is 0 Å². The van der Waals surface area contributed by atoms with Gasteiger partial charge in [-0.1, -0.05) is 76.6 Å². The van der Waals surface area contributed by atoms with Crippen molar-refractivity contribution in [2.24, 2.45) is 0 Å². The van der Waals surface area contributed by atoms with E-state index in [9.17, 15) is 4.79 Å². The molecule has 0 radical (unpaired) electrons. The molecule has 2 aromatic rings. The van der Waals surface area contributed by atoms with Crippen LogP contribution >= 0.6 is 0 Å². The fraction of sp³-hybridized carbons (Fsp3) is 0.348. The first-order chi connectivity index (χ1) is 12.1. The van der Waals surface area contributed by atoms with Gasteiger partial charge in [0.1, 0.15) is 0 Å². The van der Waals surface area contributed by atoms with Crippen molar-refractivity contribution in [2.75, 3.05) is 11.4 Å². The molecule has 0 spiro atoms. The molecule has 0 saturated heterocycles. The van der Waals surface area contributed by atoms with E-state index in [2.05, 4.69) is 39.5 Å². The van der Waals surface area contributed by atoms with Gasteiger partial charge in [0.15, 0.2) is 0 Å². The maximum absolute atomic E-state index is 12.6. The van der Waals surface area contributed by atoms with Gasteiger partial charge in [0.2, 0.25) is 0 Å². The molecule has 1 heterocycles. The van der Waals surface area contributed by atoms with Gasteiger partial charge < -0.3 is 4.90 Å². The highest BCUT2D eigenvalue weighted by atomic mass is 16.2. The lowest BCUT2D eigenvalue weighted by atomic mass is 10.0. The number of rotatable bonds is 1. The van der Waals surface area contributed by atoms with Crippen molar-refractivity contribution >= 4 is 11.6 Å². The second-order valence-electron chi connectivity index (χ2n) is 5.78. The van der Waals surface area contributed by atoms with Crippen LogP contribution in [0.4, 0.5) is 5.69 Å². The Morgan fingerprint density at radius 2 is 1.24 bits per heavy atom.